The number of aliphatic hydroxyl groups is 1. The van der Waals surface area contributed by atoms with E-state index in [4.69, 9.17) is 5.11 Å². The fourth-order valence-electron chi connectivity index (χ4n) is 1.82. The number of benzene rings is 1. The first-order chi connectivity index (χ1) is 8.29. The first kappa shape index (κ1) is 14.6. The average Bonchev–Trinajstić information content (AvgIpc) is 2.35. The maximum Gasteiger partial charge on any atom is 0.0521 e. The third-order valence-corrected chi connectivity index (χ3v) is 3.77. The zero-order valence-corrected chi connectivity index (χ0v) is 11.6. The van der Waals surface area contributed by atoms with Crippen LogP contribution in [0.5, 0.6) is 0 Å². The molecule has 0 bridgehead atoms. The molecule has 1 unspecified atom stereocenters. The van der Waals surface area contributed by atoms with E-state index < -0.39 is 0 Å². The Morgan fingerprint density at radius 3 is 2.76 bits per heavy atom. The van der Waals surface area contributed by atoms with Crippen molar-refractivity contribution in [2.45, 2.75) is 26.3 Å². The van der Waals surface area contributed by atoms with Crippen molar-refractivity contribution in [3.8, 4) is 0 Å². The van der Waals surface area contributed by atoms with Crippen LogP contribution in [0.3, 0.4) is 0 Å². The maximum absolute atomic E-state index is 8.84. The van der Waals surface area contributed by atoms with Crippen LogP contribution in [0.1, 0.15) is 30.5 Å². The molecule has 1 atom stereocenters. The zero-order chi connectivity index (χ0) is 12.5. The van der Waals surface area contributed by atoms with Crippen molar-refractivity contribution in [3.05, 3.63) is 35.4 Å². The van der Waals surface area contributed by atoms with E-state index in [9.17, 15) is 0 Å². The highest BCUT2D eigenvalue weighted by atomic mass is 32.2. The summed E-state index contributed by atoms with van der Waals surface area (Å²) in [6, 6.07) is 8.93. The van der Waals surface area contributed by atoms with Gasteiger partial charge in [0, 0.05) is 17.5 Å². The fraction of sp³-hybridized carbons (Fsp3) is 0.571. The third kappa shape index (κ3) is 5.11. The second kappa shape index (κ2) is 8.56. The van der Waals surface area contributed by atoms with E-state index in [0.29, 0.717) is 6.04 Å². The lowest BCUT2D eigenvalue weighted by atomic mass is 10.0. The largest absolute Gasteiger partial charge is 0.396 e. The Hall–Kier alpha value is -0.510. The maximum atomic E-state index is 8.84. The van der Waals surface area contributed by atoms with Crippen LogP contribution < -0.4 is 5.32 Å². The summed E-state index contributed by atoms with van der Waals surface area (Å²) < 4.78 is 0. The van der Waals surface area contributed by atoms with Gasteiger partial charge in [0.25, 0.3) is 0 Å². The third-order valence-electron chi connectivity index (χ3n) is 2.72. The number of rotatable bonds is 8. The highest BCUT2D eigenvalue weighted by Gasteiger charge is 2.12. The van der Waals surface area contributed by atoms with Crippen molar-refractivity contribution in [1.29, 1.82) is 0 Å². The van der Waals surface area contributed by atoms with Gasteiger partial charge in [0.15, 0.2) is 0 Å². The number of aliphatic hydroxyl groups excluding tert-OH is 1. The zero-order valence-electron chi connectivity index (χ0n) is 10.8. The Morgan fingerprint density at radius 1 is 1.35 bits per heavy atom. The van der Waals surface area contributed by atoms with Crippen molar-refractivity contribution in [1.82, 2.24) is 5.32 Å². The topological polar surface area (TPSA) is 32.3 Å². The normalized spacial score (nSPS) is 12.6. The highest BCUT2D eigenvalue weighted by Crippen LogP contribution is 2.21. The molecule has 0 amide bonds. The summed E-state index contributed by atoms with van der Waals surface area (Å²) in [5.74, 6) is 1.83. The molecule has 0 fully saturated rings. The summed E-state index contributed by atoms with van der Waals surface area (Å²) in [6.45, 7) is 5.65. The molecule has 0 aliphatic heterocycles. The van der Waals surface area contributed by atoms with Gasteiger partial charge >= 0.3 is 0 Å². The van der Waals surface area contributed by atoms with Crippen LogP contribution in [-0.4, -0.2) is 29.8 Å². The molecule has 1 aromatic carbocycles. The van der Waals surface area contributed by atoms with Crippen molar-refractivity contribution in [2.75, 3.05) is 24.7 Å². The van der Waals surface area contributed by atoms with Crippen LogP contribution in [0.15, 0.2) is 24.3 Å². The Bertz CT molecular complexity index is 317. The Labute approximate surface area is 109 Å². The fourth-order valence-corrected chi connectivity index (χ4v) is 2.65. The van der Waals surface area contributed by atoms with E-state index in [1.807, 2.05) is 0 Å². The molecule has 96 valence electrons. The molecule has 0 spiro atoms. The van der Waals surface area contributed by atoms with E-state index in [2.05, 4.69) is 43.4 Å². The van der Waals surface area contributed by atoms with Crippen molar-refractivity contribution in [3.63, 3.8) is 0 Å². The van der Waals surface area contributed by atoms with E-state index in [-0.39, 0.29) is 6.61 Å². The minimum atomic E-state index is 0.263. The predicted octanol–water partition coefficient (Wildman–Crippen LogP) is 2.76. The van der Waals surface area contributed by atoms with E-state index in [0.717, 1.165) is 24.5 Å². The molecule has 1 rings (SSSR count). The minimum Gasteiger partial charge on any atom is -0.396 e. The molecule has 0 radical (unpaired) electrons. The molecule has 1 aromatic rings. The number of thioether (sulfide) groups is 1. The summed E-state index contributed by atoms with van der Waals surface area (Å²) in [6.07, 6.45) is 1.15. The Kier molecular flexibility index (Phi) is 7.33. The summed E-state index contributed by atoms with van der Waals surface area (Å²) in [7, 11) is 0. The Balaban J connectivity index is 2.64. The standard InChI is InChI=1S/C14H23NOS/c1-3-8-15-14(11-17-10-9-16)13-7-5-4-6-12(13)2/h4-7,14-16H,3,8-11H2,1-2H3. The van der Waals surface area contributed by atoms with E-state index >= 15 is 0 Å². The first-order valence-corrected chi connectivity index (χ1v) is 7.42. The Morgan fingerprint density at radius 2 is 2.12 bits per heavy atom. The second-order valence-corrected chi connectivity index (χ2v) is 5.31. The predicted molar refractivity (Wildman–Crippen MR) is 76.6 cm³/mol. The number of aryl methyl sites for hydroxylation is 1. The van der Waals surface area contributed by atoms with Gasteiger partial charge in [-0.2, -0.15) is 11.8 Å². The smallest absolute Gasteiger partial charge is 0.0521 e. The summed E-state index contributed by atoms with van der Waals surface area (Å²) in [4.78, 5) is 0. The summed E-state index contributed by atoms with van der Waals surface area (Å²) in [5, 5.41) is 12.4. The molecule has 0 saturated heterocycles. The quantitative estimate of drug-likeness (QED) is 0.699. The first-order valence-electron chi connectivity index (χ1n) is 6.27. The molecule has 0 heterocycles. The molecular formula is C14H23NOS. The van der Waals surface area contributed by atoms with Gasteiger partial charge < -0.3 is 10.4 Å². The SMILES string of the molecule is CCCNC(CSCCO)c1ccccc1C. The summed E-state index contributed by atoms with van der Waals surface area (Å²) >= 11 is 1.80. The highest BCUT2D eigenvalue weighted by molar-refractivity contribution is 7.99. The number of hydrogen-bond donors (Lipinski definition) is 2. The molecule has 0 aliphatic carbocycles. The lowest BCUT2D eigenvalue weighted by Gasteiger charge is -2.20. The van der Waals surface area contributed by atoms with Gasteiger partial charge in [-0.05, 0) is 31.0 Å². The van der Waals surface area contributed by atoms with Crippen LogP contribution in [0.4, 0.5) is 0 Å². The lowest BCUT2D eigenvalue weighted by Crippen LogP contribution is -2.25. The van der Waals surface area contributed by atoms with Gasteiger partial charge in [-0.1, -0.05) is 31.2 Å². The molecule has 0 aliphatic rings. The summed E-state index contributed by atoms with van der Waals surface area (Å²) in [5.41, 5.74) is 2.72. The van der Waals surface area contributed by atoms with Crippen LogP contribution in [0.25, 0.3) is 0 Å². The molecule has 3 heteroatoms. The second-order valence-electron chi connectivity index (χ2n) is 4.16. The van der Waals surface area contributed by atoms with Gasteiger partial charge in [-0.15, -0.1) is 0 Å². The van der Waals surface area contributed by atoms with Crippen molar-refractivity contribution >= 4 is 11.8 Å². The van der Waals surface area contributed by atoms with Gasteiger partial charge in [-0.25, -0.2) is 0 Å². The van der Waals surface area contributed by atoms with Crippen LogP contribution >= 0.6 is 11.8 Å². The molecule has 0 saturated carbocycles. The van der Waals surface area contributed by atoms with Gasteiger partial charge in [0.1, 0.15) is 0 Å². The molecular weight excluding hydrogens is 230 g/mol. The minimum absolute atomic E-state index is 0.263. The van der Waals surface area contributed by atoms with Crippen molar-refractivity contribution < 1.29 is 5.11 Å². The van der Waals surface area contributed by atoms with Gasteiger partial charge in [0.2, 0.25) is 0 Å². The van der Waals surface area contributed by atoms with Gasteiger partial charge in [0.05, 0.1) is 6.61 Å². The van der Waals surface area contributed by atoms with Crippen LogP contribution in [-0.2, 0) is 0 Å². The molecule has 2 N–H and O–H groups in total. The number of hydrogen-bond acceptors (Lipinski definition) is 3. The van der Waals surface area contributed by atoms with Crippen LogP contribution in [0.2, 0.25) is 0 Å². The molecule has 0 aromatic heterocycles. The van der Waals surface area contributed by atoms with Crippen LogP contribution in [0, 0.1) is 6.92 Å². The van der Waals surface area contributed by atoms with Gasteiger partial charge in [-0.3, -0.25) is 0 Å². The lowest BCUT2D eigenvalue weighted by molar-refractivity contribution is 0.322. The average molecular weight is 253 g/mol. The monoisotopic (exact) mass is 253 g/mol. The van der Waals surface area contributed by atoms with E-state index in [1.165, 1.54) is 11.1 Å². The molecule has 2 nitrogen and oxygen atoms in total. The van der Waals surface area contributed by atoms with Crippen molar-refractivity contribution in [2.24, 2.45) is 0 Å². The molecule has 17 heavy (non-hydrogen) atoms. The number of nitrogens with one attached hydrogen (secondary N) is 1. The van der Waals surface area contributed by atoms with E-state index in [1.54, 1.807) is 11.8 Å².